The first-order valence-electron chi connectivity index (χ1n) is 5.32. The second-order valence-corrected chi connectivity index (χ2v) is 3.81. The minimum Gasteiger partial charge on any atom is -0.508 e. The molecular formula is C14H12O4. The van der Waals surface area contributed by atoms with Gasteiger partial charge in [0.2, 0.25) is 0 Å². The van der Waals surface area contributed by atoms with Crippen LogP contribution in [0.2, 0.25) is 0 Å². The lowest BCUT2D eigenvalue weighted by Gasteiger charge is -2.05. The van der Waals surface area contributed by atoms with Gasteiger partial charge in [-0.25, -0.2) is 4.79 Å². The summed E-state index contributed by atoms with van der Waals surface area (Å²) in [6.45, 7) is 0. The Labute approximate surface area is 104 Å². The summed E-state index contributed by atoms with van der Waals surface area (Å²) in [6, 6.07) is 11.0. The first-order chi connectivity index (χ1) is 8.60. The van der Waals surface area contributed by atoms with Crippen molar-refractivity contribution in [3.63, 3.8) is 0 Å². The molecule has 0 atom stereocenters. The Morgan fingerprint density at radius 2 is 1.50 bits per heavy atom. The highest BCUT2D eigenvalue weighted by atomic mass is 16.5. The molecule has 2 N–H and O–H groups in total. The van der Waals surface area contributed by atoms with Crippen molar-refractivity contribution >= 4 is 5.97 Å². The first-order valence-corrected chi connectivity index (χ1v) is 5.32. The van der Waals surface area contributed by atoms with Crippen molar-refractivity contribution in [3.05, 3.63) is 48.0 Å². The van der Waals surface area contributed by atoms with Gasteiger partial charge in [-0.2, -0.15) is 0 Å². The summed E-state index contributed by atoms with van der Waals surface area (Å²) in [5, 5.41) is 18.8. The fourth-order valence-corrected chi connectivity index (χ4v) is 1.68. The maximum absolute atomic E-state index is 11.3. The molecule has 92 valence electrons. The summed E-state index contributed by atoms with van der Waals surface area (Å²) < 4.78 is 4.60. The largest absolute Gasteiger partial charge is 0.508 e. The van der Waals surface area contributed by atoms with Crippen LogP contribution in [0.3, 0.4) is 0 Å². The van der Waals surface area contributed by atoms with E-state index in [4.69, 9.17) is 0 Å². The average molecular weight is 244 g/mol. The molecule has 0 bridgehead atoms. The first kappa shape index (κ1) is 12.0. The molecule has 0 radical (unpaired) electrons. The zero-order valence-corrected chi connectivity index (χ0v) is 9.75. The molecule has 2 rings (SSSR count). The third-order valence-electron chi connectivity index (χ3n) is 2.54. The van der Waals surface area contributed by atoms with E-state index in [0.29, 0.717) is 11.1 Å². The predicted molar refractivity (Wildman–Crippen MR) is 66.5 cm³/mol. The topological polar surface area (TPSA) is 66.8 Å². The third kappa shape index (κ3) is 2.43. The molecule has 0 aliphatic heterocycles. The highest BCUT2D eigenvalue weighted by Crippen LogP contribution is 2.28. The maximum Gasteiger partial charge on any atom is 0.337 e. The van der Waals surface area contributed by atoms with Gasteiger partial charge in [0.25, 0.3) is 0 Å². The standard InChI is InChI=1S/C14H12O4/c1-18-14(17)10-4-2-9(3-5-10)11-6-12(15)8-13(16)7-11/h2-8,15-16H,1H3. The molecule has 0 saturated carbocycles. The summed E-state index contributed by atoms with van der Waals surface area (Å²) in [6.07, 6.45) is 0. The number of phenols is 2. The fraction of sp³-hybridized carbons (Fsp3) is 0.0714. The quantitative estimate of drug-likeness (QED) is 0.797. The highest BCUT2D eigenvalue weighted by molar-refractivity contribution is 5.90. The van der Waals surface area contributed by atoms with Crippen LogP contribution in [0.5, 0.6) is 11.5 Å². The van der Waals surface area contributed by atoms with Gasteiger partial charge >= 0.3 is 5.97 Å². The smallest absolute Gasteiger partial charge is 0.337 e. The van der Waals surface area contributed by atoms with E-state index in [9.17, 15) is 15.0 Å². The Morgan fingerprint density at radius 3 is 2.00 bits per heavy atom. The summed E-state index contributed by atoms with van der Waals surface area (Å²) >= 11 is 0. The van der Waals surface area contributed by atoms with Gasteiger partial charge in [-0.15, -0.1) is 0 Å². The molecule has 0 amide bonds. The Balaban J connectivity index is 2.37. The lowest BCUT2D eigenvalue weighted by atomic mass is 10.0. The van der Waals surface area contributed by atoms with Crippen molar-refractivity contribution in [2.24, 2.45) is 0 Å². The zero-order valence-electron chi connectivity index (χ0n) is 9.75. The van der Waals surface area contributed by atoms with Crippen LogP contribution in [0.15, 0.2) is 42.5 Å². The van der Waals surface area contributed by atoms with Crippen molar-refractivity contribution in [2.45, 2.75) is 0 Å². The molecule has 0 aliphatic carbocycles. The lowest BCUT2D eigenvalue weighted by Crippen LogP contribution is -2.00. The number of carbonyl (C=O) groups is 1. The van der Waals surface area contributed by atoms with Crippen LogP contribution in [0, 0.1) is 0 Å². The van der Waals surface area contributed by atoms with Crippen LogP contribution >= 0.6 is 0 Å². The SMILES string of the molecule is COC(=O)c1ccc(-c2cc(O)cc(O)c2)cc1. The van der Waals surface area contributed by atoms with Gasteiger partial charge in [0.1, 0.15) is 11.5 Å². The molecule has 4 nitrogen and oxygen atoms in total. The van der Waals surface area contributed by atoms with Crippen LogP contribution < -0.4 is 0 Å². The van der Waals surface area contributed by atoms with E-state index in [0.717, 1.165) is 5.56 Å². The molecule has 4 heteroatoms. The van der Waals surface area contributed by atoms with Gasteiger partial charge in [0.15, 0.2) is 0 Å². The molecule has 2 aromatic rings. The molecular weight excluding hydrogens is 232 g/mol. The minimum absolute atomic E-state index is 0.0120. The second kappa shape index (κ2) is 4.79. The summed E-state index contributed by atoms with van der Waals surface area (Å²) in [4.78, 5) is 11.3. The highest BCUT2D eigenvalue weighted by Gasteiger charge is 2.06. The number of benzene rings is 2. The van der Waals surface area contributed by atoms with Crippen molar-refractivity contribution in [3.8, 4) is 22.6 Å². The third-order valence-corrected chi connectivity index (χ3v) is 2.54. The number of phenolic OH excluding ortho intramolecular Hbond substituents is 2. The monoisotopic (exact) mass is 244 g/mol. The molecule has 0 fully saturated rings. The Bertz CT molecular complexity index is 553. The fourth-order valence-electron chi connectivity index (χ4n) is 1.68. The van der Waals surface area contributed by atoms with E-state index in [2.05, 4.69) is 4.74 Å². The predicted octanol–water partition coefficient (Wildman–Crippen LogP) is 2.55. The van der Waals surface area contributed by atoms with Gasteiger partial charge < -0.3 is 14.9 Å². The molecule has 0 spiro atoms. The van der Waals surface area contributed by atoms with Gasteiger partial charge in [-0.1, -0.05) is 12.1 Å². The van der Waals surface area contributed by atoms with Gasteiger partial charge in [-0.3, -0.25) is 0 Å². The molecule has 18 heavy (non-hydrogen) atoms. The van der Waals surface area contributed by atoms with Gasteiger partial charge in [0.05, 0.1) is 12.7 Å². The Morgan fingerprint density at radius 1 is 0.944 bits per heavy atom. The minimum atomic E-state index is -0.402. The van der Waals surface area contributed by atoms with E-state index in [1.54, 1.807) is 24.3 Å². The average Bonchev–Trinajstić information content (AvgIpc) is 2.37. The number of carbonyl (C=O) groups excluding carboxylic acids is 1. The van der Waals surface area contributed by atoms with Crippen LogP contribution in [-0.2, 0) is 4.74 Å². The van der Waals surface area contributed by atoms with Crippen LogP contribution in [0.1, 0.15) is 10.4 Å². The summed E-state index contributed by atoms with van der Waals surface area (Å²) in [7, 11) is 1.32. The van der Waals surface area contributed by atoms with Gasteiger partial charge in [-0.05, 0) is 35.4 Å². The Kier molecular flexibility index (Phi) is 3.19. The lowest BCUT2D eigenvalue weighted by molar-refractivity contribution is 0.0601. The van der Waals surface area contributed by atoms with E-state index in [-0.39, 0.29) is 11.5 Å². The molecule has 2 aromatic carbocycles. The van der Waals surface area contributed by atoms with Crippen LogP contribution in [-0.4, -0.2) is 23.3 Å². The number of hydrogen-bond acceptors (Lipinski definition) is 4. The van der Waals surface area contributed by atoms with E-state index in [1.807, 2.05) is 0 Å². The number of rotatable bonds is 2. The number of methoxy groups -OCH3 is 1. The zero-order chi connectivity index (χ0) is 13.1. The molecule has 0 aliphatic rings. The normalized spacial score (nSPS) is 10.1. The summed E-state index contributed by atoms with van der Waals surface area (Å²) in [5.41, 5.74) is 1.91. The van der Waals surface area contributed by atoms with Crippen molar-refractivity contribution < 1.29 is 19.7 Å². The maximum atomic E-state index is 11.3. The van der Waals surface area contributed by atoms with Crippen molar-refractivity contribution in [2.75, 3.05) is 7.11 Å². The van der Waals surface area contributed by atoms with Crippen LogP contribution in [0.4, 0.5) is 0 Å². The number of hydrogen-bond donors (Lipinski definition) is 2. The summed E-state index contributed by atoms with van der Waals surface area (Å²) in [5.74, 6) is -0.426. The van der Waals surface area contributed by atoms with E-state index >= 15 is 0 Å². The van der Waals surface area contributed by atoms with Crippen molar-refractivity contribution in [1.29, 1.82) is 0 Å². The number of ether oxygens (including phenoxy) is 1. The Hall–Kier alpha value is -2.49. The van der Waals surface area contributed by atoms with E-state index < -0.39 is 5.97 Å². The second-order valence-electron chi connectivity index (χ2n) is 3.81. The van der Waals surface area contributed by atoms with Crippen LogP contribution in [0.25, 0.3) is 11.1 Å². The van der Waals surface area contributed by atoms with E-state index in [1.165, 1.54) is 25.3 Å². The van der Waals surface area contributed by atoms with Crippen molar-refractivity contribution in [1.82, 2.24) is 0 Å². The molecule has 0 saturated heterocycles. The van der Waals surface area contributed by atoms with Gasteiger partial charge in [0, 0.05) is 6.07 Å². The number of esters is 1. The molecule has 0 heterocycles. The molecule has 0 aromatic heterocycles. The molecule has 0 unspecified atom stereocenters. The number of aromatic hydroxyl groups is 2.